The molecular formula is C16H20Cl2O. The van der Waals surface area contributed by atoms with E-state index in [9.17, 15) is 4.79 Å². The molecule has 1 aromatic rings. The predicted molar refractivity (Wildman–Crippen MR) is 80.9 cm³/mol. The van der Waals surface area contributed by atoms with Gasteiger partial charge in [0.25, 0.3) is 0 Å². The highest BCUT2D eigenvalue weighted by atomic mass is 35.5. The van der Waals surface area contributed by atoms with Gasteiger partial charge in [-0.1, -0.05) is 43.1 Å². The molecule has 1 aromatic carbocycles. The van der Waals surface area contributed by atoms with Crippen LogP contribution >= 0.6 is 23.2 Å². The van der Waals surface area contributed by atoms with E-state index in [1.54, 1.807) is 12.1 Å². The van der Waals surface area contributed by atoms with Gasteiger partial charge in [-0.3, -0.25) is 4.79 Å². The summed E-state index contributed by atoms with van der Waals surface area (Å²) < 4.78 is 0. The summed E-state index contributed by atoms with van der Waals surface area (Å²) in [6.45, 7) is 4.56. The van der Waals surface area contributed by atoms with Crippen LogP contribution in [0.4, 0.5) is 0 Å². The topological polar surface area (TPSA) is 17.1 Å². The van der Waals surface area contributed by atoms with Crippen LogP contribution in [0.2, 0.25) is 10.0 Å². The quantitative estimate of drug-likeness (QED) is 0.738. The Morgan fingerprint density at radius 3 is 2.47 bits per heavy atom. The van der Waals surface area contributed by atoms with Crippen molar-refractivity contribution in [3.8, 4) is 0 Å². The summed E-state index contributed by atoms with van der Waals surface area (Å²) in [4.78, 5) is 12.3. The van der Waals surface area contributed by atoms with Gasteiger partial charge in [0.1, 0.15) is 5.78 Å². The molecule has 1 aliphatic rings. The van der Waals surface area contributed by atoms with Crippen molar-refractivity contribution in [1.82, 2.24) is 0 Å². The molecule has 104 valence electrons. The van der Waals surface area contributed by atoms with Crippen LogP contribution in [0.1, 0.15) is 45.1 Å². The third kappa shape index (κ3) is 3.97. The van der Waals surface area contributed by atoms with E-state index in [4.69, 9.17) is 23.2 Å². The maximum Gasteiger partial charge on any atom is 0.140 e. The van der Waals surface area contributed by atoms with Gasteiger partial charge in [-0.2, -0.15) is 0 Å². The van der Waals surface area contributed by atoms with E-state index in [0.717, 1.165) is 31.2 Å². The first-order valence-electron chi connectivity index (χ1n) is 6.84. The molecule has 3 heteroatoms. The predicted octanol–water partition coefficient (Wildman–Crippen LogP) is 5.32. The minimum Gasteiger partial charge on any atom is -0.299 e. The first-order valence-corrected chi connectivity index (χ1v) is 7.60. The number of halogens is 2. The second kappa shape index (κ2) is 5.85. The van der Waals surface area contributed by atoms with Crippen molar-refractivity contribution in [3.05, 3.63) is 33.8 Å². The minimum absolute atomic E-state index is 0.208. The summed E-state index contributed by atoms with van der Waals surface area (Å²) >= 11 is 12.0. The van der Waals surface area contributed by atoms with Crippen molar-refractivity contribution >= 4 is 29.0 Å². The van der Waals surface area contributed by atoms with Crippen LogP contribution in [-0.4, -0.2) is 5.78 Å². The molecule has 0 radical (unpaired) electrons. The van der Waals surface area contributed by atoms with Gasteiger partial charge in [0, 0.05) is 22.4 Å². The Labute approximate surface area is 125 Å². The summed E-state index contributed by atoms with van der Waals surface area (Å²) in [5.41, 5.74) is 1.29. The molecule has 1 aliphatic carbocycles. The third-order valence-corrected chi connectivity index (χ3v) is 4.76. The van der Waals surface area contributed by atoms with Crippen LogP contribution in [0.5, 0.6) is 0 Å². The van der Waals surface area contributed by atoms with Gasteiger partial charge >= 0.3 is 0 Å². The molecule has 1 fully saturated rings. The summed E-state index contributed by atoms with van der Waals surface area (Å²) in [7, 11) is 0. The molecule has 0 bridgehead atoms. The van der Waals surface area contributed by atoms with Crippen molar-refractivity contribution < 1.29 is 4.79 Å². The molecule has 0 spiro atoms. The van der Waals surface area contributed by atoms with Crippen molar-refractivity contribution in [2.75, 3.05) is 0 Å². The van der Waals surface area contributed by atoms with Gasteiger partial charge in [0.2, 0.25) is 0 Å². The van der Waals surface area contributed by atoms with E-state index in [1.807, 2.05) is 6.07 Å². The Morgan fingerprint density at radius 1 is 1.26 bits per heavy atom. The maximum atomic E-state index is 12.3. The highest BCUT2D eigenvalue weighted by Gasteiger charge is 2.30. The molecule has 0 aromatic heterocycles. The number of benzene rings is 1. The second-order valence-electron chi connectivity index (χ2n) is 6.32. The smallest absolute Gasteiger partial charge is 0.140 e. The summed E-state index contributed by atoms with van der Waals surface area (Å²) in [5.74, 6) is 0.527. The van der Waals surface area contributed by atoms with Gasteiger partial charge < -0.3 is 0 Å². The molecule has 0 N–H and O–H groups in total. The minimum atomic E-state index is 0.208. The highest BCUT2D eigenvalue weighted by molar-refractivity contribution is 6.35. The number of ketones is 1. The molecule has 19 heavy (non-hydrogen) atoms. The number of carbonyl (C=O) groups excluding carboxylic acids is 1. The first kappa shape index (κ1) is 14.9. The van der Waals surface area contributed by atoms with E-state index in [-0.39, 0.29) is 5.92 Å². The van der Waals surface area contributed by atoms with Gasteiger partial charge in [0.05, 0.1) is 0 Å². The Morgan fingerprint density at radius 2 is 1.89 bits per heavy atom. The number of Topliss-reactive ketones (excluding diaryl/α,β-unsaturated/α-hetero) is 1. The molecule has 0 unspecified atom stereocenters. The normalized spacial score (nSPS) is 19.4. The zero-order chi connectivity index (χ0) is 14.0. The summed E-state index contributed by atoms with van der Waals surface area (Å²) in [6, 6.07) is 5.35. The number of hydrogen-bond acceptors (Lipinski definition) is 1. The Bertz CT molecular complexity index is 470. The lowest BCUT2D eigenvalue weighted by atomic mass is 9.71. The third-order valence-electron chi connectivity index (χ3n) is 4.17. The fourth-order valence-electron chi connectivity index (χ4n) is 2.72. The number of carbonyl (C=O) groups is 1. The van der Waals surface area contributed by atoms with Gasteiger partial charge in [-0.05, 0) is 48.8 Å². The van der Waals surface area contributed by atoms with Crippen molar-refractivity contribution in [2.45, 2.75) is 46.0 Å². The molecule has 1 saturated carbocycles. The Kier molecular flexibility index (Phi) is 4.58. The molecular weight excluding hydrogens is 279 g/mol. The summed E-state index contributed by atoms with van der Waals surface area (Å²) in [6.07, 6.45) is 4.73. The maximum absolute atomic E-state index is 12.3. The van der Waals surface area contributed by atoms with Crippen molar-refractivity contribution in [1.29, 1.82) is 0 Å². The van der Waals surface area contributed by atoms with Gasteiger partial charge in [-0.25, -0.2) is 0 Å². The molecule has 2 rings (SSSR count). The van der Waals surface area contributed by atoms with Gasteiger partial charge in [-0.15, -0.1) is 0 Å². The fraction of sp³-hybridized carbons (Fsp3) is 0.562. The first-order chi connectivity index (χ1) is 8.87. The van der Waals surface area contributed by atoms with Crippen LogP contribution in [-0.2, 0) is 11.2 Å². The zero-order valence-corrected chi connectivity index (χ0v) is 13.0. The molecule has 1 nitrogen and oxygen atoms in total. The van der Waals surface area contributed by atoms with Crippen molar-refractivity contribution in [2.24, 2.45) is 11.3 Å². The van der Waals surface area contributed by atoms with Crippen LogP contribution in [0.15, 0.2) is 18.2 Å². The van der Waals surface area contributed by atoms with Crippen LogP contribution in [0, 0.1) is 11.3 Å². The molecule has 0 saturated heterocycles. The van der Waals surface area contributed by atoms with Crippen molar-refractivity contribution in [3.63, 3.8) is 0 Å². The van der Waals surface area contributed by atoms with E-state index < -0.39 is 0 Å². The highest BCUT2D eigenvalue weighted by Crippen LogP contribution is 2.38. The lowest BCUT2D eigenvalue weighted by Crippen LogP contribution is -2.27. The molecule has 0 aliphatic heterocycles. The van der Waals surface area contributed by atoms with Crippen LogP contribution in [0.3, 0.4) is 0 Å². The molecule has 0 atom stereocenters. The Balaban J connectivity index is 1.98. The van der Waals surface area contributed by atoms with Crippen LogP contribution in [0.25, 0.3) is 0 Å². The number of hydrogen-bond donors (Lipinski definition) is 0. The molecule has 0 heterocycles. The zero-order valence-electron chi connectivity index (χ0n) is 11.5. The van der Waals surface area contributed by atoms with Crippen LogP contribution < -0.4 is 0 Å². The Hall–Kier alpha value is -0.530. The summed E-state index contributed by atoms with van der Waals surface area (Å²) in [5, 5.41) is 1.21. The lowest BCUT2D eigenvalue weighted by molar-refractivity contribution is -0.123. The SMILES string of the molecule is CC1(C)CCC(C(=O)Cc2ccc(Cl)cc2Cl)CC1. The van der Waals surface area contributed by atoms with E-state index in [0.29, 0.717) is 27.7 Å². The largest absolute Gasteiger partial charge is 0.299 e. The lowest BCUT2D eigenvalue weighted by Gasteiger charge is -2.33. The van der Waals surface area contributed by atoms with E-state index in [1.165, 1.54) is 0 Å². The van der Waals surface area contributed by atoms with E-state index in [2.05, 4.69) is 13.8 Å². The average molecular weight is 299 g/mol. The average Bonchev–Trinajstić information content (AvgIpc) is 2.32. The van der Waals surface area contributed by atoms with Gasteiger partial charge in [0.15, 0.2) is 0 Å². The number of rotatable bonds is 3. The monoisotopic (exact) mass is 298 g/mol. The fourth-order valence-corrected chi connectivity index (χ4v) is 3.19. The standard InChI is InChI=1S/C16H20Cl2O/c1-16(2)7-5-11(6-8-16)15(19)9-12-3-4-13(17)10-14(12)18/h3-4,10-11H,5-9H2,1-2H3. The second-order valence-corrected chi connectivity index (χ2v) is 7.16. The van der Waals surface area contributed by atoms with E-state index >= 15 is 0 Å². The molecule has 0 amide bonds.